The van der Waals surface area contributed by atoms with Crippen molar-refractivity contribution in [2.75, 3.05) is 25.6 Å². The van der Waals surface area contributed by atoms with Crippen molar-refractivity contribution >= 4 is 39.8 Å². The number of rotatable bonds is 5. The lowest BCUT2D eigenvalue weighted by Crippen LogP contribution is -2.08. The smallest absolute Gasteiger partial charge is 0.138 e. The molecule has 0 saturated heterocycles. The maximum atomic E-state index is 9.09. The Labute approximate surface area is 149 Å². The van der Waals surface area contributed by atoms with E-state index in [1.165, 1.54) is 0 Å². The fraction of sp³-hybridized carbons (Fsp3) is 0.176. The van der Waals surface area contributed by atoms with Gasteiger partial charge in [-0.05, 0) is 18.2 Å². The number of fused-ring (bicyclic) bond motifs is 1. The molecule has 124 valence electrons. The van der Waals surface area contributed by atoms with E-state index in [9.17, 15) is 0 Å². The molecule has 24 heavy (non-hydrogen) atoms. The van der Waals surface area contributed by atoms with Crippen molar-refractivity contribution in [2.45, 2.75) is 0 Å². The zero-order valence-electron chi connectivity index (χ0n) is 12.9. The second-order valence-corrected chi connectivity index (χ2v) is 5.82. The average molecular weight is 364 g/mol. The molecule has 0 aliphatic rings. The lowest BCUT2D eigenvalue weighted by atomic mass is 10.1. The molecule has 2 N–H and O–H groups in total. The standard InChI is InChI=1S/C17H15Cl2N3O2/c1-24-14-4-2-3-11(16(14)19)13-7-10-9-21-15(18)8-12(10)17(22-13)20-5-6-23/h2-4,7-9,23H,5-6H2,1H3,(H,20,22). The van der Waals surface area contributed by atoms with Crippen LogP contribution in [0.2, 0.25) is 10.2 Å². The first kappa shape index (κ1) is 16.8. The molecule has 7 heteroatoms. The van der Waals surface area contributed by atoms with Crippen molar-refractivity contribution < 1.29 is 9.84 Å². The third kappa shape index (κ3) is 3.24. The number of hydrogen-bond acceptors (Lipinski definition) is 5. The summed E-state index contributed by atoms with van der Waals surface area (Å²) in [4.78, 5) is 8.76. The predicted molar refractivity (Wildman–Crippen MR) is 97.1 cm³/mol. The van der Waals surface area contributed by atoms with Crippen LogP contribution in [0.3, 0.4) is 0 Å². The number of pyridine rings is 2. The molecule has 0 unspecified atom stereocenters. The predicted octanol–water partition coefficient (Wildman–Crippen LogP) is 4.02. The van der Waals surface area contributed by atoms with Gasteiger partial charge >= 0.3 is 0 Å². The Morgan fingerprint density at radius 2 is 2.08 bits per heavy atom. The fourth-order valence-corrected chi connectivity index (χ4v) is 2.89. The van der Waals surface area contributed by atoms with Gasteiger partial charge < -0.3 is 15.2 Å². The molecule has 3 rings (SSSR count). The number of hydrogen-bond donors (Lipinski definition) is 2. The minimum atomic E-state index is -0.00780. The zero-order chi connectivity index (χ0) is 17.1. The molecule has 0 amide bonds. The van der Waals surface area contributed by atoms with Crippen molar-refractivity contribution in [3.8, 4) is 17.0 Å². The van der Waals surface area contributed by atoms with Gasteiger partial charge in [0.1, 0.15) is 16.7 Å². The second kappa shape index (κ2) is 7.21. The van der Waals surface area contributed by atoms with Crippen LogP contribution in [-0.2, 0) is 0 Å². The van der Waals surface area contributed by atoms with Crippen LogP contribution in [0, 0.1) is 0 Å². The highest BCUT2D eigenvalue weighted by Gasteiger charge is 2.13. The summed E-state index contributed by atoms with van der Waals surface area (Å²) in [6.45, 7) is 0.365. The number of halogens is 2. The van der Waals surface area contributed by atoms with Crippen molar-refractivity contribution in [1.29, 1.82) is 0 Å². The van der Waals surface area contributed by atoms with E-state index >= 15 is 0 Å². The van der Waals surface area contributed by atoms with Gasteiger partial charge in [-0.15, -0.1) is 0 Å². The van der Waals surface area contributed by atoms with Gasteiger partial charge in [0.2, 0.25) is 0 Å². The molecule has 2 aromatic heterocycles. The van der Waals surface area contributed by atoms with E-state index in [-0.39, 0.29) is 6.61 Å². The highest BCUT2D eigenvalue weighted by atomic mass is 35.5. The van der Waals surface area contributed by atoms with Crippen LogP contribution in [0.1, 0.15) is 0 Å². The van der Waals surface area contributed by atoms with Gasteiger partial charge in [-0.2, -0.15) is 0 Å². The van der Waals surface area contributed by atoms with Gasteiger partial charge in [0.25, 0.3) is 0 Å². The van der Waals surface area contributed by atoms with Crippen LogP contribution >= 0.6 is 23.2 Å². The molecule has 0 saturated carbocycles. The summed E-state index contributed by atoms with van der Waals surface area (Å²) in [5.74, 6) is 1.19. The third-order valence-corrected chi connectivity index (χ3v) is 4.14. The van der Waals surface area contributed by atoms with E-state index in [1.54, 1.807) is 25.4 Å². The molecule has 0 aliphatic carbocycles. The number of aromatic nitrogens is 2. The second-order valence-electron chi connectivity index (χ2n) is 5.06. The third-order valence-electron chi connectivity index (χ3n) is 3.54. The minimum Gasteiger partial charge on any atom is -0.495 e. The molecule has 0 aliphatic heterocycles. The number of anilines is 1. The number of nitrogens with zero attached hydrogens (tertiary/aromatic N) is 2. The molecule has 0 radical (unpaired) electrons. The Balaban J connectivity index is 2.20. The van der Waals surface area contributed by atoms with Crippen LogP contribution in [0.25, 0.3) is 22.0 Å². The van der Waals surface area contributed by atoms with Crippen molar-refractivity contribution in [2.24, 2.45) is 0 Å². The molecular weight excluding hydrogens is 349 g/mol. The summed E-state index contributed by atoms with van der Waals surface area (Å²) in [7, 11) is 1.57. The number of ether oxygens (including phenoxy) is 1. The van der Waals surface area contributed by atoms with Crippen molar-refractivity contribution in [3.05, 3.63) is 46.7 Å². The highest BCUT2D eigenvalue weighted by Crippen LogP contribution is 2.36. The Bertz CT molecular complexity index is 887. The van der Waals surface area contributed by atoms with Crippen LogP contribution in [0.5, 0.6) is 5.75 Å². The van der Waals surface area contributed by atoms with E-state index in [1.807, 2.05) is 18.2 Å². The Hall–Kier alpha value is -2.08. The van der Waals surface area contributed by atoms with Gasteiger partial charge in [0.05, 0.1) is 24.4 Å². The lowest BCUT2D eigenvalue weighted by Gasteiger charge is -2.13. The molecule has 0 spiro atoms. The molecule has 1 aromatic carbocycles. The Morgan fingerprint density at radius 1 is 1.25 bits per heavy atom. The number of aliphatic hydroxyl groups excluding tert-OH is 1. The van der Waals surface area contributed by atoms with Gasteiger partial charge in [-0.3, -0.25) is 0 Å². The maximum Gasteiger partial charge on any atom is 0.138 e. The number of benzene rings is 1. The van der Waals surface area contributed by atoms with Crippen molar-refractivity contribution in [1.82, 2.24) is 9.97 Å². The maximum absolute atomic E-state index is 9.09. The highest BCUT2D eigenvalue weighted by molar-refractivity contribution is 6.34. The van der Waals surface area contributed by atoms with Crippen molar-refractivity contribution in [3.63, 3.8) is 0 Å². The van der Waals surface area contributed by atoms with E-state index in [4.69, 9.17) is 33.0 Å². The largest absolute Gasteiger partial charge is 0.495 e. The van der Waals surface area contributed by atoms with Crippen LogP contribution in [0.15, 0.2) is 36.5 Å². The number of nitrogens with one attached hydrogen (secondary N) is 1. The summed E-state index contributed by atoms with van der Waals surface area (Å²) in [6, 6.07) is 9.15. The van der Waals surface area contributed by atoms with E-state index < -0.39 is 0 Å². The Kier molecular flexibility index (Phi) is 5.04. The molecule has 0 fully saturated rings. The van der Waals surface area contributed by atoms with Crippen LogP contribution in [-0.4, -0.2) is 35.3 Å². The first-order valence-electron chi connectivity index (χ1n) is 7.28. The molecule has 2 heterocycles. The molecule has 5 nitrogen and oxygen atoms in total. The molecule has 0 atom stereocenters. The van der Waals surface area contributed by atoms with Gasteiger partial charge in [0.15, 0.2) is 0 Å². The summed E-state index contributed by atoms with van der Waals surface area (Å²) in [6.07, 6.45) is 1.68. The van der Waals surface area contributed by atoms with E-state index in [0.29, 0.717) is 34.0 Å². The number of methoxy groups -OCH3 is 1. The summed E-state index contributed by atoms with van der Waals surface area (Å²) in [5.41, 5.74) is 1.43. The molecular formula is C17H15Cl2N3O2. The summed E-state index contributed by atoms with van der Waals surface area (Å²) in [5, 5.41) is 14.7. The molecule has 0 bridgehead atoms. The van der Waals surface area contributed by atoms with Gasteiger partial charge in [-0.25, -0.2) is 9.97 Å². The topological polar surface area (TPSA) is 67.3 Å². The monoisotopic (exact) mass is 363 g/mol. The SMILES string of the molecule is COc1cccc(-c2cc3cnc(Cl)cc3c(NCCO)n2)c1Cl. The minimum absolute atomic E-state index is 0.00780. The van der Waals surface area contributed by atoms with E-state index in [2.05, 4.69) is 15.3 Å². The van der Waals surface area contributed by atoms with Crippen LogP contribution in [0.4, 0.5) is 5.82 Å². The quantitative estimate of drug-likeness (QED) is 0.670. The first-order valence-corrected chi connectivity index (χ1v) is 8.03. The van der Waals surface area contributed by atoms with Crippen LogP contribution < -0.4 is 10.1 Å². The fourth-order valence-electron chi connectivity index (χ4n) is 2.43. The first-order chi connectivity index (χ1) is 11.6. The zero-order valence-corrected chi connectivity index (χ0v) is 14.4. The van der Waals surface area contributed by atoms with Gasteiger partial charge in [-0.1, -0.05) is 35.3 Å². The normalized spacial score (nSPS) is 10.8. The summed E-state index contributed by atoms with van der Waals surface area (Å²) >= 11 is 12.4. The average Bonchev–Trinajstić information content (AvgIpc) is 2.60. The van der Waals surface area contributed by atoms with E-state index in [0.717, 1.165) is 16.3 Å². The summed E-state index contributed by atoms with van der Waals surface area (Å²) < 4.78 is 5.27. The lowest BCUT2D eigenvalue weighted by molar-refractivity contribution is 0.311. The molecule has 3 aromatic rings. The Morgan fingerprint density at radius 3 is 2.83 bits per heavy atom. The van der Waals surface area contributed by atoms with Gasteiger partial charge in [0, 0.05) is 29.1 Å². The number of aliphatic hydroxyl groups is 1.